The molecule has 0 aliphatic carbocycles. The van der Waals surface area contributed by atoms with Crippen LogP contribution in [0.2, 0.25) is 5.02 Å². The Labute approximate surface area is 278 Å². The number of amides is 1. The number of halogens is 3. The van der Waals surface area contributed by atoms with Crippen LogP contribution in [-0.4, -0.2) is 89.2 Å². The minimum atomic E-state index is -1.03. The van der Waals surface area contributed by atoms with E-state index in [1.807, 2.05) is 18.2 Å². The van der Waals surface area contributed by atoms with Gasteiger partial charge in [0.25, 0.3) is 5.91 Å². The van der Waals surface area contributed by atoms with Crippen LogP contribution in [0.1, 0.15) is 43.9 Å². The lowest BCUT2D eigenvalue weighted by atomic mass is 9.95. The van der Waals surface area contributed by atoms with Crippen molar-refractivity contribution in [2.75, 3.05) is 55.7 Å². The maximum Gasteiger partial charge on any atom is 0.318 e. The lowest BCUT2D eigenvalue weighted by Gasteiger charge is -2.41. The molecule has 12 heteroatoms. The van der Waals surface area contributed by atoms with Gasteiger partial charge in [-0.05, 0) is 63.1 Å². The zero-order valence-corrected chi connectivity index (χ0v) is 27.3. The lowest BCUT2D eigenvalue weighted by Crippen LogP contribution is -2.57. The summed E-state index contributed by atoms with van der Waals surface area (Å²) in [4.78, 5) is 34.3. The molecule has 5 heterocycles. The summed E-state index contributed by atoms with van der Waals surface area (Å²) >= 11 is 6.52. The molecule has 0 saturated carbocycles. The smallest absolute Gasteiger partial charge is 0.318 e. The molecule has 1 amide bonds. The van der Waals surface area contributed by atoms with Crippen molar-refractivity contribution in [2.45, 2.75) is 63.2 Å². The van der Waals surface area contributed by atoms with Crippen molar-refractivity contribution in [3.63, 3.8) is 0 Å². The Morgan fingerprint density at radius 3 is 2.83 bits per heavy atom. The topological polar surface area (TPSA) is 69.4 Å². The van der Waals surface area contributed by atoms with Crippen LogP contribution in [0.3, 0.4) is 0 Å². The molecule has 7 rings (SSSR count). The first-order valence-electron chi connectivity index (χ1n) is 16.3. The summed E-state index contributed by atoms with van der Waals surface area (Å²) < 4.78 is 35.0. The standard InChI is InChI=1S/C35H38ClF2N7O2/c1-22-10-13-35(12-5-14-45(22)35)21-47-34-40-28-20-42(29-7-4-6-24-8-9-27(38)31(36)30(24)29)15-11-26(28)32(41-34)43-16-17-44(33(46)23(2)37)25(19-43)18-39-3/h4,6-9,22,25H,2,5,10-21H2,1H3/t22?,25-,35?/m0/s1. The number of rotatable bonds is 7. The lowest BCUT2D eigenvalue weighted by molar-refractivity contribution is -0.131. The summed E-state index contributed by atoms with van der Waals surface area (Å²) in [6.07, 6.45) is 5.04. The predicted octanol–water partition coefficient (Wildman–Crippen LogP) is 5.80. The zero-order valence-electron chi connectivity index (χ0n) is 26.5. The molecule has 0 radical (unpaired) electrons. The van der Waals surface area contributed by atoms with E-state index in [0.717, 1.165) is 54.6 Å². The van der Waals surface area contributed by atoms with E-state index >= 15 is 0 Å². The van der Waals surface area contributed by atoms with Gasteiger partial charge in [0.15, 0.2) is 5.83 Å². The van der Waals surface area contributed by atoms with Gasteiger partial charge < -0.3 is 24.3 Å². The van der Waals surface area contributed by atoms with Gasteiger partial charge in [0, 0.05) is 48.9 Å². The normalized spacial score (nSPS) is 24.3. The molecule has 0 N–H and O–H groups in total. The van der Waals surface area contributed by atoms with Crippen molar-refractivity contribution < 1.29 is 18.3 Å². The van der Waals surface area contributed by atoms with Crippen molar-refractivity contribution in [1.29, 1.82) is 0 Å². The highest BCUT2D eigenvalue weighted by atomic mass is 35.5. The van der Waals surface area contributed by atoms with Crippen molar-refractivity contribution in [1.82, 2.24) is 19.8 Å². The van der Waals surface area contributed by atoms with Crippen LogP contribution in [0.5, 0.6) is 6.01 Å². The molecule has 3 fully saturated rings. The molecule has 246 valence electrons. The monoisotopic (exact) mass is 661 g/mol. The minimum absolute atomic E-state index is 0.0177. The first-order valence-corrected chi connectivity index (χ1v) is 16.7. The number of nitrogens with zero attached hydrogens (tertiary/aromatic N) is 7. The molecule has 3 aromatic rings. The van der Waals surface area contributed by atoms with Gasteiger partial charge in [-0.3, -0.25) is 9.69 Å². The zero-order chi connectivity index (χ0) is 32.9. The molecule has 4 aliphatic rings. The number of anilines is 2. The molecule has 1 aromatic heterocycles. The number of carbonyl (C=O) groups is 1. The van der Waals surface area contributed by atoms with Gasteiger partial charge in [-0.15, -0.1) is 0 Å². The number of aromatic nitrogens is 2. The van der Waals surface area contributed by atoms with E-state index in [0.29, 0.717) is 62.5 Å². The average Bonchev–Trinajstić information content (AvgIpc) is 3.64. The van der Waals surface area contributed by atoms with Gasteiger partial charge >= 0.3 is 6.01 Å². The fourth-order valence-electron chi connectivity index (χ4n) is 8.18. The van der Waals surface area contributed by atoms with E-state index in [4.69, 9.17) is 32.9 Å². The summed E-state index contributed by atoms with van der Waals surface area (Å²) in [6, 6.07) is 9.24. The summed E-state index contributed by atoms with van der Waals surface area (Å²) in [5.74, 6) is -1.56. The second-order valence-corrected chi connectivity index (χ2v) is 13.6. The Bertz CT molecular complexity index is 1780. The van der Waals surface area contributed by atoms with Gasteiger partial charge in [0.2, 0.25) is 6.54 Å². The third kappa shape index (κ3) is 5.65. The fraction of sp³-hybridized carbons (Fsp3) is 0.486. The summed E-state index contributed by atoms with van der Waals surface area (Å²) in [6.45, 7) is 16.6. The van der Waals surface area contributed by atoms with Crippen LogP contribution in [0.4, 0.5) is 20.3 Å². The second-order valence-electron chi connectivity index (χ2n) is 13.2. The van der Waals surface area contributed by atoms with Crippen LogP contribution >= 0.6 is 11.6 Å². The van der Waals surface area contributed by atoms with Gasteiger partial charge in [-0.1, -0.05) is 36.4 Å². The van der Waals surface area contributed by atoms with Crippen molar-refractivity contribution in [3.8, 4) is 6.01 Å². The Hall–Kier alpha value is -4.01. The quantitative estimate of drug-likeness (QED) is 0.234. The number of benzene rings is 2. The molecule has 2 unspecified atom stereocenters. The fourth-order valence-corrected chi connectivity index (χ4v) is 8.45. The van der Waals surface area contributed by atoms with E-state index in [9.17, 15) is 13.6 Å². The van der Waals surface area contributed by atoms with E-state index < -0.39 is 23.6 Å². The van der Waals surface area contributed by atoms with Crippen LogP contribution in [0.15, 0.2) is 42.7 Å². The number of hydrogen-bond acceptors (Lipinski definition) is 7. The summed E-state index contributed by atoms with van der Waals surface area (Å²) in [5, 5.41) is 1.61. The first kappa shape index (κ1) is 31.6. The van der Waals surface area contributed by atoms with E-state index in [1.54, 1.807) is 6.07 Å². The highest BCUT2D eigenvalue weighted by Crippen LogP contribution is 2.43. The third-order valence-corrected chi connectivity index (χ3v) is 10.9. The van der Waals surface area contributed by atoms with Gasteiger partial charge in [0.1, 0.15) is 24.3 Å². The predicted molar refractivity (Wildman–Crippen MR) is 178 cm³/mol. The minimum Gasteiger partial charge on any atom is -0.461 e. The van der Waals surface area contributed by atoms with E-state index in [2.05, 4.69) is 33.0 Å². The highest BCUT2D eigenvalue weighted by molar-refractivity contribution is 6.36. The van der Waals surface area contributed by atoms with Crippen molar-refractivity contribution >= 4 is 39.8 Å². The van der Waals surface area contributed by atoms with Crippen LogP contribution in [0, 0.1) is 12.4 Å². The molecule has 4 aliphatic heterocycles. The molecular formula is C35H38ClF2N7O2. The molecular weight excluding hydrogens is 624 g/mol. The van der Waals surface area contributed by atoms with Crippen LogP contribution in [-0.2, 0) is 17.8 Å². The number of hydrogen-bond donors (Lipinski definition) is 0. The van der Waals surface area contributed by atoms with E-state index in [1.165, 1.54) is 11.0 Å². The first-order chi connectivity index (χ1) is 22.7. The molecule has 2 aromatic carbocycles. The number of carbonyl (C=O) groups excluding carboxylic acids is 1. The maximum atomic E-state index is 14.6. The van der Waals surface area contributed by atoms with Gasteiger partial charge in [-0.2, -0.15) is 9.97 Å². The Kier molecular flexibility index (Phi) is 8.43. The summed E-state index contributed by atoms with van der Waals surface area (Å²) in [5.41, 5.74) is 2.59. The maximum absolute atomic E-state index is 14.6. The molecule has 0 bridgehead atoms. The molecule has 47 heavy (non-hydrogen) atoms. The molecule has 9 nitrogen and oxygen atoms in total. The second kappa shape index (κ2) is 12.5. The summed E-state index contributed by atoms with van der Waals surface area (Å²) in [7, 11) is 0. The SMILES string of the molecule is [C-]#[N+]C[C@H]1CN(c2nc(OCC34CCCN3C(C)CC4)nc3c2CCN(c2cccc4ccc(F)c(Cl)c24)C3)CCN1C(=O)C(=C)F. The average molecular weight is 662 g/mol. The highest BCUT2D eigenvalue weighted by Gasteiger charge is 2.48. The van der Waals surface area contributed by atoms with Crippen LogP contribution in [0.25, 0.3) is 15.6 Å². The molecule has 3 saturated heterocycles. The Balaban J connectivity index is 1.24. The van der Waals surface area contributed by atoms with Gasteiger partial charge in [0.05, 0.1) is 22.8 Å². The Morgan fingerprint density at radius 2 is 2.02 bits per heavy atom. The van der Waals surface area contributed by atoms with Crippen LogP contribution < -0.4 is 14.5 Å². The number of fused-ring (bicyclic) bond motifs is 3. The van der Waals surface area contributed by atoms with Crippen molar-refractivity contribution in [3.05, 3.63) is 76.3 Å². The Morgan fingerprint density at radius 1 is 1.17 bits per heavy atom. The number of piperazine rings is 1. The molecule has 3 atom stereocenters. The van der Waals surface area contributed by atoms with E-state index in [-0.39, 0.29) is 23.7 Å². The third-order valence-electron chi connectivity index (χ3n) is 10.5. The molecule has 0 spiro atoms. The van der Waals surface area contributed by atoms with Gasteiger partial charge in [-0.25, -0.2) is 15.4 Å². The largest absolute Gasteiger partial charge is 0.461 e. The van der Waals surface area contributed by atoms with Crippen molar-refractivity contribution in [2.24, 2.45) is 0 Å². The number of ether oxygens (including phenoxy) is 1.